The Morgan fingerprint density at radius 2 is 2.25 bits per heavy atom. The van der Waals surface area contributed by atoms with Crippen molar-refractivity contribution in [2.24, 2.45) is 5.92 Å². The van der Waals surface area contributed by atoms with Crippen LogP contribution < -0.4 is 0 Å². The number of imidazole rings is 1. The minimum Gasteiger partial charge on any atom is -0.331 e. The van der Waals surface area contributed by atoms with Gasteiger partial charge in [-0.1, -0.05) is 12.5 Å². The number of aromatic nitrogens is 2. The molecule has 2 nitrogen and oxygen atoms in total. The van der Waals surface area contributed by atoms with E-state index in [-0.39, 0.29) is 0 Å². The van der Waals surface area contributed by atoms with E-state index in [4.69, 9.17) is 0 Å². The normalized spacial score (nSPS) is 21.9. The van der Waals surface area contributed by atoms with Gasteiger partial charge in [-0.15, -0.1) is 0 Å². The van der Waals surface area contributed by atoms with Gasteiger partial charge in [0.25, 0.3) is 0 Å². The summed E-state index contributed by atoms with van der Waals surface area (Å²) >= 11 is 0. The molecule has 2 heterocycles. The van der Waals surface area contributed by atoms with Crippen LogP contribution in [0.5, 0.6) is 0 Å². The number of nitrogens with zero attached hydrogens (tertiary/aromatic N) is 2. The van der Waals surface area contributed by atoms with Crippen LogP contribution in [-0.4, -0.2) is 9.55 Å². The molecule has 2 rings (SSSR count). The summed E-state index contributed by atoms with van der Waals surface area (Å²) in [6, 6.07) is 0. The average Bonchev–Trinajstić information content (AvgIpc) is 2.30. The molecule has 64 valence electrons. The summed E-state index contributed by atoms with van der Waals surface area (Å²) < 4.78 is 2.23. The van der Waals surface area contributed by atoms with E-state index in [2.05, 4.69) is 35.7 Å². The Morgan fingerprint density at radius 1 is 1.50 bits per heavy atom. The fourth-order valence-electron chi connectivity index (χ4n) is 1.61. The summed E-state index contributed by atoms with van der Waals surface area (Å²) in [6.45, 7) is 7.56. The van der Waals surface area contributed by atoms with Crippen LogP contribution in [0.2, 0.25) is 0 Å². The number of aryl methyl sites for hydroxylation is 1. The summed E-state index contributed by atoms with van der Waals surface area (Å²) in [5.41, 5.74) is 2.55. The first-order valence-electron chi connectivity index (χ1n) is 4.39. The van der Waals surface area contributed by atoms with Gasteiger partial charge in [-0.3, -0.25) is 0 Å². The van der Waals surface area contributed by atoms with E-state index in [0.29, 0.717) is 5.92 Å². The van der Waals surface area contributed by atoms with Crippen molar-refractivity contribution in [1.82, 2.24) is 9.55 Å². The molecular formula is C10H14N2. The number of allylic oxidation sites excluding steroid dienone is 1. The molecule has 0 saturated heterocycles. The van der Waals surface area contributed by atoms with Gasteiger partial charge < -0.3 is 4.57 Å². The summed E-state index contributed by atoms with van der Waals surface area (Å²) in [4.78, 5) is 4.42. The minimum atomic E-state index is 0.658. The molecule has 12 heavy (non-hydrogen) atoms. The Balaban J connectivity index is 2.48. The lowest BCUT2D eigenvalue weighted by atomic mass is 10.00. The van der Waals surface area contributed by atoms with Crippen LogP contribution in [0.15, 0.2) is 11.8 Å². The van der Waals surface area contributed by atoms with Crippen molar-refractivity contribution in [2.45, 2.75) is 27.3 Å². The maximum Gasteiger partial charge on any atom is 0.132 e. The van der Waals surface area contributed by atoms with Crippen LogP contribution in [-0.2, 0) is 6.54 Å². The quantitative estimate of drug-likeness (QED) is 0.572. The lowest BCUT2D eigenvalue weighted by Gasteiger charge is -2.19. The molecule has 0 N–H and O–H groups in total. The fourth-order valence-corrected chi connectivity index (χ4v) is 1.61. The molecule has 1 aromatic heterocycles. The standard InChI is InChI=1S/C10H14N2/c1-7-4-10-11-9(3)6-12(10)5-8(7)2/h4,6,8H,5H2,1-3H3. The summed E-state index contributed by atoms with van der Waals surface area (Å²) in [7, 11) is 0. The van der Waals surface area contributed by atoms with Crippen molar-refractivity contribution in [3.8, 4) is 0 Å². The van der Waals surface area contributed by atoms with E-state index in [0.717, 1.165) is 18.1 Å². The Morgan fingerprint density at radius 3 is 3.00 bits per heavy atom. The van der Waals surface area contributed by atoms with E-state index in [1.54, 1.807) is 0 Å². The average molecular weight is 162 g/mol. The molecule has 0 spiro atoms. The van der Waals surface area contributed by atoms with E-state index in [9.17, 15) is 0 Å². The van der Waals surface area contributed by atoms with Crippen LogP contribution in [0.1, 0.15) is 25.4 Å². The van der Waals surface area contributed by atoms with Crippen molar-refractivity contribution in [1.29, 1.82) is 0 Å². The molecule has 0 fully saturated rings. The number of hydrogen-bond acceptors (Lipinski definition) is 1. The second kappa shape index (κ2) is 2.47. The molecule has 1 aromatic rings. The topological polar surface area (TPSA) is 17.8 Å². The zero-order chi connectivity index (χ0) is 8.72. The molecule has 0 amide bonds. The van der Waals surface area contributed by atoms with Gasteiger partial charge in [0.15, 0.2) is 0 Å². The molecule has 0 aromatic carbocycles. The minimum absolute atomic E-state index is 0.658. The van der Waals surface area contributed by atoms with Crippen molar-refractivity contribution in [3.05, 3.63) is 23.3 Å². The van der Waals surface area contributed by atoms with Gasteiger partial charge in [-0.25, -0.2) is 4.98 Å². The van der Waals surface area contributed by atoms with Crippen LogP contribution >= 0.6 is 0 Å². The molecule has 0 saturated carbocycles. The first-order chi connectivity index (χ1) is 5.66. The van der Waals surface area contributed by atoms with E-state index in [1.807, 2.05) is 6.92 Å². The van der Waals surface area contributed by atoms with Gasteiger partial charge >= 0.3 is 0 Å². The van der Waals surface area contributed by atoms with Gasteiger partial charge in [0.1, 0.15) is 5.82 Å². The molecular weight excluding hydrogens is 148 g/mol. The number of rotatable bonds is 0. The van der Waals surface area contributed by atoms with Crippen LogP contribution in [0.25, 0.3) is 6.08 Å². The SMILES string of the molecule is CC1=Cc2nc(C)cn2CC1C. The van der Waals surface area contributed by atoms with Gasteiger partial charge in [-0.2, -0.15) is 0 Å². The lowest BCUT2D eigenvalue weighted by molar-refractivity contribution is 0.530. The Kier molecular flexibility index (Phi) is 1.56. The molecule has 0 aliphatic carbocycles. The molecule has 1 aliphatic rings. The van der Waals surface area contributed by atoms with Crippen molar-refractivity contribution < 1.29 is 0 Å². The first-order valence-corrected chi connectivity index (χ1v) is 4.39. The molecule has 1 atom stereocenters. The summed E-state index contributed by atoms with van der Waals surface area (Å²) in [5.74, 6) is 1.77. The third kappa shape index (κ3) is 1.07. The Hall–Kier alpha value is -1.05. The maximum atomic E-state index is 4.42. The Labute approximate surface area is 72.9 Å². The molecule has 1 unspecified atom stereocenters. The molecule has 1 aliphatic heterocycles. The third-order valence-corrected chi connectivity index (χ3v) is 2.53. The fraction of sp³-hybridized carbons (Fsp3) is 0.500. The molecule has 0 bridgehead atoms. The predicted octanol–water partition coefficient (Wildman–Crippen LogP) is 2.24. The van der Waals surface area contributed by atoms with Gasteiger partial charge in [0.05, 0.1) is 5.69 Å². The second-order valence-corrected chi connectivity index (χ2v) is 3.68. The monoisotopic (exact) mass is 162 g/mol. The summed E-state index contributed by atoms with van der Waals surface area (Å²) in [6.07, 6.45) is 4.30. The highest BCUT2D eigenvalue weighted by molar-refractivity contribution is 5.48. The van der Waals surface area contributed by atoms with Crippen molar-refractivity contribution in [3.63, 3.8) is 0 Å². The largest absolute Gasteiger partial charge is 0.331 e. The van der Waals surface area contributed by atoms with Crippen LogP contribution in [0.3, 0.4) is 0 Å². The maximum absolute atomic E-state index is 4.42. The number of fused-ring (bicyclic) bond motifs is 1. The highest BCUT2D eigenvalue weighted by Crippen LogP contribution is 2.22. The second-order valence-electron chi connectivity index (χ2n) is 3.68. The first kappa shape index (κ1) is 7.59. The lowest BCUT2D eigenvalue weighted by Crippen LogP contribution is -2.13. The van der Waals surface area contributed by atoms with Gasteiger partial charge in [0, 0.05) is 12.7 Å². The highest BCUT2D eigenvalue weighted by Gasteiger charge is 2.14. The van der Waals surface area contributed by atoms with Crippen molar-refractivity contribution >= 4 is 6.08 Å². The smallest absolute Gasteiger partial charge is 0.132 e. The van der Waals surface area contributed by atoms with Gasteiger partial charge in [0.2, 0.25) is 0 Å². The van der Waals surface area contributed by atoms with Crippen LogP contribution in [0.4, 0.5) is 0 Å². The van der Waals surface area contributed by atoms with E-state index < -0.39 is 0 Å². The summed E-state index contributed by atoms with van der Waals surface area (Å²) in [5, 5.41) is 0. The Bertz CT molecular complexity index is 334. The third-order valence-electron chi connectivity index (χ3n) is 2.53. The molecule has 2 heteroatoms. The van der Waals surface area contributed by atoms with E-state index in [1.165, 1.54) is 5.57 Å². The van der Waals surface area contributed by atoms with Gasteiger partial charge in [-0.05, 0) is 25.8 Å². The van der Waals surface area contributed by atoms with Crippen LogP contribution in [0, 0.1) is 12.8 Å². The number of hydrogen-bond donors (Lipinski definition) is 0. The van der Waals surface area contributed by atoms with Crippen molar-refractivity contribution in [2.75, 3.05) is 0 Å². The van der Waals surface area contributed by atoms with E-state index >= 15 is 0 Å². The zero-order valence-electron chi connectivity index (χ0n) is 7.83. The zero-order valence-corrected chi connectivity index (χ0v) is 7.83. The molecule has 0 radical (unpaired) electrons. The predicted molar refractivity (Wildman–Crippen MR) is 49.8 cm³/mol. The highest BCUT2D eigenvalue weighted by atomic mass is 15.1.